The van der Waals surface area contributed by atoms with Gasteiger partial charge < -0.3 is 78.8 Å². The van der Waals surface area contributed by atoms with Gasteiger partial charge in [0.25, 0.3) is 17.4 Å². The van der Waals surface area contributed by atoms with Crippen molar-refractivity contribution in [3.63, 3.8) is 0 Å². The van der Waals surface area contributed by atoms with E-state index in [0.717, 1.165) is 33.1 Å². The van der Waals surface area contributed by atoms with E-state index in [1.807, 2.05) is 0 Å². The number of likely N-dealkylation sites (N-methyl/N-ethyl adjacent to an activating group) is 1. The van der Waals surface area contributed by atoms with Crippen LogP contribution in [-0.4, -0.2) is 195 Å². The van der Waals surface area contributed by atoms with Gasteiger partial charge in [0.1, 0.15) is 60.5 Å². The van der Waals surface area contributed by atoms with Crippen LogP contribution in [-0.2, 0) is 94.3 Å². The molecular weight excluding hydrogens is 1120 g/mol. The predicted octanol–water partition coefficient (Wildman–Crippen LogP) is -1.93. The number of carbonyl (C=O) groups excluding carboxylic acids is 7. The van der Waals surface area contributed by atoms with Crippen LogP contribution in [0.25, 0.3) is 22.3 Å². The van der Waals surface area contributed by atoms with E-state index in [-0.39, 0.29) is 74.0 Å². The largest absolute Gasteiger partial charge is 0.479 e. The number of aromatic nitrogens is 2. The lowest BCUT2D eigenvalue weighted by Crippen LogP contribution is -2.61. The zero-order chi connectivity index (χ0) is 59.8. The summed E-state index contributed by atoms with van der Waals surface area (Å²) < 4.78 is 64.5. The number of pyridine rings is 2. The number of carboxylic acid groups (broad SMARTS) is 1. The van der Waals surface area contributed by atoms with Crippen molar-refractivity contribution in [3.05, 3.63) is 86.7 Å². The molecule has 7 N–H and O–H groups in total. The number of hydrogen-bond donors (Lipinski definition) is 7. The minimum atomic E-state index is -3.70. The van der Waals surface area contributed by atoms with Gasteiger partial charge in [-0.05, 0) is 41.8 Å². The van der Waals surface area contributed by atoms with Crippen molar-refractivity contribution in [1.82, 2.24) is 29.6 Å². The first kappa shape index (κ1) is 59.0. The molecule has 9 rings (SSSR count). The first-order chi connectivity index (χ1) is 39.3. The van der Waals surface area contributed by atoms with Gasteiger partial charge in [0.2, 0.25) is 30.8 Å². The van der Waals surface area contributed by atoms with E-state index in [4.69, 9.17) is 38.1 Å². The second-order valence-corrected chi connectivity index (χ2v) is 22.1. The molecule has 6 amide bonds. The van der Waals surface area contributed by atoms with Crippen LogP contribution in [0.1, 0.15) is 47.6 Å². The van der Waals surface area contributed by atoms with E-state index in [1.54, 1.807) is 25.1 Å². The van der Waals surface area contributed by atoms with Crippen LogP contribution in [0.15, 0.2) is 53.3 Å². The molecule has 0 saturated carbocycles. The summed E-state index contributed by atoms with van der Waals surface area (Å²) in [4.78, 5) is 124. The van der Waals surface area contributed by atoms with Crippen molar-refractivity contribution in [2.45, 2.75) is 82.4 Å². The SMILES string of the molecule is CC[C@@]1(O)C(=O)OCc2c1cc1n(c2=O)Cc2c-1nc1cc3c(cc1c2CNC(=O)COCN(CCS(C)(=O)=O)C(=O)OCc1ccc(O[C@@H]2O[C@H](C(=O)O)[C@@H](O)[C@H](O)[C@H]2O)c(NC(=O)CN(C)C(=O)CCN2C(=O)C=CC2=O)c1)OCO3. The second-order valence-electron chi connectivity index (χ2n) is 19.8. The Morgan fingerprint density at radius 3 is 2.35 bits per heavy atom. The lowest BCUT2D eigenvalue weighted by molar-refractivity contribution is -0.271. The molecule has 5 aliphatic rings. The van der Waals surface area contributed by atoms with E-state index < -0.39 is 138 Å². The first-order valence-corrected chi connectivity index (χ1v) is 27.6. The number of amides is 6. The topological polar surface area (TPSA) is 405 Å². The summed E-state index contributed by atoms with van der Waals surface area (Å²) in [6, 6.07) is 8.53. The molecule has 0 bridgehead atoms. The van der Waals surface area contributed by atoms with Gasteiger partial charge in [-0.3, -0.25) is 38.6 Å². The highest BCUT2D eigenvalue weighted by Gasteiger charge is 2.49. The number of benzene rings is 2. The molecule has 1 fully saturated rings. The van der Waals surface area contributed by atoms with Crippen molar-refractivity contribution in [1.29, 1.82) is 0 Å². The van der Waals surface area contributed by atoms with Crippen LogP contribution in [0.2, 0.25) is 0 Å². The number of esters is 1. The van der Waals surface area contributed by atoms with Crippen LogP contribution in [0, 0.1) is 0 Å². The van der Waals surface area contributed by atoms with Gasteiger partial charge in [-0.2, -0.15) is 0 Å². The Hall–Kier alpha value is -8.59. The molecule has 30 nitrogen and oxygen atoms in total. The molecule has 2 aromatic heterocycles. The second kappa shape index (κ2) is 23.7. The van der Waals surface area contributed by atoms with Crippen LogP contribution in [0.5, 0.6) is 17.2 Å². The summed E-state index contributed by atoms with van der Waals surface area (Å²) in [6.45, 7) is -2.35. The monoisotopic (exact) mass is 1180 g/mol. The average Bonchev–Trinajstić information content (AvgIpc) is 2.51. The lowest BCUT2D eigenvalue weighted by atomic mass is 9.86. The minimum absolute atomic E-state index is 0.0145. The Bertz CT molecular complexity index is 3550. The third kappa shape index (κ3) is 12.3. The number of anilines is 1. The summed E-state index contributed by atoms with van der Waals surface area (Å²) in [5.41, 5.74) is -0.426. The summed E-state index contributed by atoms with van der Waals surface area (Å²) in [6.07, 6.45) is -8.75. The van der Waals surface area contributed by atoms with Crippen molar-refractivity contribution >= 4 is 74.0 Å². The van der Waals surface area contributed by atoms with E-state index in [1.165, 1.54) is 29.8 Å². The van der Waals surface area contributed by atoms with Crippen molar-refractivity contribution in [3.8, 4) is 28.6 Å². The van der Waals surface area contributed by atoms with Crippen LogP contribution < -0.4 is 30.4 Å². The van der Waals surface area contributed by atoms with E-state index in [2.05, 4.69) is 10.6 Å². The molecule has 31 heteroatoms. The molecule has 2 aromatic carbocycles. The molecule has 5 aliphatic heterocycles. The van der Waals surface area contributed by atoms with Gasteiger partial charge in [0.05, 0.1) is 47.0 Å². The normalized spacial score (nSPS) is 21.2. The predicted molar refractivity (Wildman–Crippen MR) is 278 cm³/mol. The van der Waals surface area contributed by atoms with Crippen LogP contribution in [0.4, 0.5) is 10.5 Å². The Balaban J connectivity index is 0.880. The highest BCUT2D eigenvalue weighted by Crippen LogP contribution is 2.43. The fourth-order valence-corrected chi connectivity index (χ4v) is 10.2. The van der Waals surface area contributed by atoms with E-state index in [9.17, 15) is 77.1 Å². The molecule has 442 valence electrons. The number of carbonyl (C=O) groups is 8. The van der Waals surface area contributed by atoms with Gasteiger partial charge in [-0.1, -0.05) is 13.0 Å². The van der Waals surface area contributed by atoms with E-state index >= 15 is 0 Å². The van der Waals surface area contributed by atoms with E-state index in [0.29, 0.717) is 44.9 Å². The van der Waals surface area contributed by atoms with Crippen LogP contribution in [0.3, 0.4) is 0 Å². The fourth-order valence-electron chi connectivity index (χ4n) is 9.65. The van der Waals surface area contributed by atoms with Crippen molar-refractivity contribution < 1.29 is 105 Å². The first-order valence-electron chi connectivity index (χ1n) is 25.5. The molecule has 0 unspecified atom stereocenters. The number of aliphatic hydroxyl groups excluding tert-OH is 3. The van der Waals surface area contributed by atoms with Gasteiger partial charge >= 0.3 is 18.0 Å². The number of nitrogens with one attached hydrogen (secondary N) is 2. The maximum atomic E-state index is 14.0. The number of imide groups is 1. The minimum Gasteiger partial charge on any atom is -0.479 e. The number of rotatable bonds is 21. The third-order valence-electron chi connectivity index (χ3n) is 14.2. The average molecular weight is 1180 g/mol. The summed E-state index contributed by atoms with van der Waals surface area (Å²) in [5, 5.41) is 58.0. The highest BCUT2D eigenvalue weighted by atomic mass is 32.2. The molecule has 7 heterocycles. The Morgan fingerprint density at radius 1 is 0.928 bits per heavy atom. The number of ether oxygens (including phenoxy) is 7. The number of fused-ring (bicyclic) bond motifs is 6. The zero-order valence-electron chi connectivity index (χ0n) is 44.4. The number of cyclic esters (lactones) is 1. The highest BCUT2D eigenvalue weighted by molar-refractivity contribution is 7.90. The smallest absolute Gasteiger partial charge is 0.411 e. The molecule has 4 aromatic rings. The Kier molecular flexibility index (Phi) is 16.9. The standard InChI is InChI=1S/C52H55N7O23S/c1-4-52(73)30-15-33-42-28(18-59(33)47(68)29(30)21-77-50(52)71)27(26-14-35-36(80-24-79-35)16-31(26)55-42)17-53-38(61)22-76-23-57(11-12-83(3,74)75)51(72)78-20-25-5-6-34(81-49-45(67)43(65)44(66)46(82-49)48(69)70)32(13-25)54-37(60)19-56(2)39(62)9-10-58-40(63)7-8-41(58)64/h5-8,13-16,43-46,49,65-67,73H,4,9-12,17-24H2,1-3H3,(H,53,61)(H,54,60)(H,69,70)/t43-,44-,45+,46-,49+,52-/m0/s1. The maximum absolute atomic E-state index is 14.0. The quantitative estimate of drug-likeness (QED) is 0.0239. The molecule has 0 radical (unpaired) electrons. The van der Waals surface area contributed by atoms with Gasteiger partial charge in [-0.25, -0.2) is 27.8 Å². The number of sulfone groups is 1. The number of aliphatic hydroxyl groups is 4. The lowest BCUT2D eigenvalue weighted by Gasteiger charge is -2.38. The Morgan fingerprint density at radius 2 is 1.65 bits per heavy atom. The van der Waals surface area contributed by atoms with Crippen LogP contribution >= 0.6 is 0 Å². The van der Waals surface area contributed by atoms with Gasteiger partial charge in [0.15, 0.2) is 23.2 Å². The molecule has 83 heavy (non-hydrogen) atoms. The van der Waals surface area contributed by atoms with Crippen molar-refractivity contribution in [2.24, 2.45) is 0 Å². The number of hydrogen-bond acceptors (Lipinski definition) is 23. The Labute approximate surface area is 469 Å². The fraction of sp³-hybridized carbons (Fsp3) is 0.423. The molecule has 0 spiro atoms. The van der Waals surface area contributed by atoms with Gasteiger partial charge in [-0.15, -0.1) is 0 Å². The summed E-state index contributed by atoms with van der Waals surface area (Å²) >= 11 is 0. The van der Waals surface area contributed by atoms with Crippen molar-refractivity contribution in [2.75, 3.05) is 64.1 Å². The molecule has 1 saturated heterocycles. The zero-order valence-corrected chi connectivity index (χ0v) is 45.2. The number of nitrogens with zero attached hydrogens (tertiary/aromatic N) is 5. The van der Waals surface area contributed by atoms with Gasteiger partial charge in [0, 0.05) is 74.1 Å². The maximum Gasteiger partial charge on any atom is 0.411 e. The molecular formula is C52H55N7O23S. The summed E-state index contributed by atoms with van der Waals surface area (Å²) in [5.74, 6) is -6.18. The summed E-state index contributed by atoms with van der Waals surface area (Å²) in [7, 11) is -2.44. The number of aliphatic carboxylic acids is 1. The third-order valence-corrected chi connectivity index (χ3v) is 15.1. The molecule has 6 atom stereocenters. The number of carboxylic acids is 1. The molecule has 0 aliphatic carbocycles.